The van der Waals surface area contributed by atoms with Crippen LogP contribution in [-0.4, -0.2) is 21.1 Å². The monoisotopic (exact) mass is 580 g/mol. The Morgan fingerprint density at radius 3 is 2.64 bits per heavy atom. The third-order valence-electron chi connectivity index (χ3n) is 7.04. The molecule has 0 aliphatic heterocycles. The zero-order valence-corrected chi connectivity index (χ0v) is 24.1. The van der Waals surface area contributed by atoms with Gasteiger partial charge >= 0.3 is 0 Å². The Balaban J connectivity index is 1.59. The minimum Gasteiger partial charge on any atom is -0.293 e. The molecule has 0 radical (unpaired) electrons. The van der Waals surface area contributed by atoms with Gasteiger partial charge < -0.3 is 0 Å². The van der Waals surface area contributed by atoms with Gasteiger partial charge in [-0.25, -0.2) is 4.98 Å². The summed E-state index contributed by atoms with van der Waals surface area (Å²) in [6, 6.07) is 15.3. The molecule has 0 spiro atoms. The van der Waals surface area contributed by atoms with E-state index in [1.54, 1.807) is 15.9 Å². The molecule has 36 heavy (non-hydrogen) atoms. The Bertz CT molecular complexity index is 1510. The highest BCUT2D eigenvalue weighted by atomic mass is 79.9. The number of rotatable bonds is 5. The summed E-state index contributed by atoms with van der Waals surface area (Å²) in [7, 11) is 0. The number of hydrogen-bond acceptors (Lipinski definition) is 5. The van der Waals surface area contributed by atoms with Crippen LogP contribution >= 0.6 is 39.0 Å². The summed E-state index contributed by atoms with van der Waals surface area (Å²) in [5.74, 6) is 0.813. The lowest BCUT2D eigenvalue weighted by Gasteiger charge is -2.33. The first-order valence-electron chi connectivity index (χ1n) is 12.2. The van der Waals surface area contributed by atoms with Crippen molar-refractivity contribution in [2.24, 2.45) is 11.3 Å². The smallest absolute Gasteiger partial charge is 0.267 e. The fourth-order valence-electron chi connectivity index (χ4n) is 4.89. The van der Waals surface area contributed by atoms with Crippen LogP contribution in [0.2, 0.25) is 0 Å². The maximum Gasteiger partial charge on any atom is 0.267 e. The number of nitrogens with zero attached hydrogens (tertiary/aromatic N) is 2. The molecule has 7 heteroatoms. The Hall–Kier alpha value is -2.22. The van der Waals surface area contributed by atoms with Crippen molar-refractivity contribution >= 4 is 55.0 Å². The van der Waals surface area contributed by atoms with Crippen molar-refractivity contribution < 1.29 is 4.79 Å². The molecule has 5 rings (SSSR count). The molecular formula is C29H29BrN2O2S2. The predicted molar refractivity (Wildman–Crippen MR) is 154 cm³/mol. The number of benzene rings is 2. The first-order chi connectivity index (χ1) is 17.1. The van der Waals surface area contributed by atoms with Gasteiger partial charge in [0.15, 0.2) is 10.9 Å². The predicted octanol–water partition coefficient (Wildman–Crippen LogP) is 7.64. The standard InChI is InChI=1S/C29H29BrN2O2S2/c1-17-6-5-7-21(14-17)32-27(34)25-22-13-10-19(29(2,3)4)15-24(22)36-26(25)31-28(32)35-16-23(33)18-8-11-20(30)12-9-18/h5-9,11-12,14,19H,10,13,15-16H2,1-4H3/t19-/m0/s1. The Morgan fingerprint density at radius 1 is 1.19 bits per heavy atom. The summed E-state index contributed by atoms with van der Waals surface area (Å²) < 4.78 is 2.64. The first kappa shape index (κ1) is 25.4. The summed E-state index contributed by atoms with van der Waals surface area (Å²) in [6.45, 7) is 8.92. The van der Waals surface area contributed by atoms with Gasteiger partial charge in [0, 0.05) is 14.9 Å². The van der Waals surface area contributed by atoms with Crippen LogP contribution in [-0.2, 0) is 12.8 Å². The lowest BCUT2D eigenvalue weighted by atomic mass is 9.72. The number of halogens is 1. The molecule has 0 saturated carbocycles. The van der Waals surface area contributed by atoms with Crippen LogP contribution < -0.4 is 5.56 Å². The molecule has 1 aliphatic carbocycles. The van der Waals surface area contributed by atoms with Crippen LogP contribution in [0.15, 0.2) is 63.0 Å². The second kappa shape index (κ2) is 9.92. The second-order valence-corrected chi connectivity index (χ2v) is 13.5. The number of Topliss-reactive ketones (excluding diaryl/α,β-unsaturated/α-hetero) is 1. The maximum absolute atomic E-state index is 14.1. The van der Waals surface area contributed by atoms with Gasteiger partial charge in [-0.3, -0.25) is 14.2 Å². The highest BCUT2D eigenvalue weighted by Crippen LogP contribution is 2.42. The molecule has 0 N–H and O–H groups in total. The Kier molecular flexibility index (Phi) is 7.01. The fourth-order valence-corrected chi connectivity index (χ4v) is 7.40. The highest BCUT2D eigenvalue weighted by Gasteiger charge is 2.32. The van der Waals surface area contributed by atoms with E-state index in [9.17, 15) is 9.59 Å². The summed E-state index contributed by atoms with van der Waals surface area (Å²) in [5.41, 5.74) is 3.89. The number of fused-ring (bicyclic) bond motifs is 3. The van der Waals surface area contributed by atoms with Gasteiger partial charge in [-0.1, -0.05) is 72.7 Å². The third-order valence-corrected chi connectivity index (χ3v) is 9.65. The number of hydrogen-bond donors (Lipinski definition) is 0. The average Bonchev–Trinajstić information content (AvgIpc) is 3.20. The van der Waals surface area contributed by atoms with E-state index >= 15 is 0 Å². The summed E-state index contributed by atoms with van der Waals surface area (Å²) >= 11 is 6.41. The molecule has 2 aromatic heterocycles. The molecule has 1 aliphatic rings. The minimum atomic E-state index is -0.0316. The molecule has 2 aromatic carbocycles. The molecular weight excluding hydrogens is 552 g/mol. The number of carbonyl (C=O) groups excluding carboxylic acids is 1. The number of aryl methyl sites for hydroxylation is 2. The topological polar surface area (TPSA) is 52.0 Å². The number of aromatic nitrogens is 2. The highest BCUT2D eigenvalue weighted by molar-refractivity contribution is 9.10. The molecule has 4 aromatic rings. The quantitative estimate of drug-likeness (QED) is 0.138. The van der Waals surface area contributed by atoms with Crippen LogP contribution in [0.4, 0.5) is 0 Å². The number of thioether (sulfide) groups is 1. The van der Waals surface area contributed by atoms with E-state index in [-0.39, 0.29) is 22.5 Å². The van der Waals surface area contributed by atoms with Crippen LogP contribution in [0.1, 0.15) is 53.6 Å². The van der Waals surface area contributed by atoms with Gasteiger partial charge in [-0.2, -0.15) is 0 Å². The molecule has 2 heterocycles. The SMILES string of the molecule is Cc1cccc(-n2c(SCC(=O)c3ccc(Br)cc3)nc3sc4c(c3c2=O)CC[C@H](C(C)(C)C)C4)c1. The van der Waals surface area contributed by atoms with E-state index in [1.807, 2.05) is 55.5 Å². The molecule has 0 fully saturated rings. The molecule has 0 unspecified atom stereocenters. The second-order valence-electron chi connectivity index (χ2n) is 10.6. The molecule has 4 nitrogen and oxygen atoms in total. The molecule has 186 valence electrons. The van der Waals surface area contributed by atoms with Crippen molar-refractivity contribution in [2.45, 2.75) is 52.1 Å². The largest absolute Gasteiger partial charge is 0.293 e. The first-order valence-corrected chi connectivity index (χ1v) is 14.8. The lowest BCUT2D eigenvalue weighted by molar-refractivity contribution is 0.102. The Morgan fingerprint density at radius 2 is 1.94 bits per heavy atom. The van der Waals surface area contributed by atoms with Crippen molar-refractivity contribution in [3.8, 4) is 5.69 Å². The van der Waals surface area contributed by atoms with Crippen LogP contribution in [0.5, 0.6) is 0 Å². The van der Waals surface area contributed by atoms with Crippen molar-refractivity contribution in [3.05, 3.63) is 84.9 Å². The van der Waals surface area contributed by atoms with E-state index in [1.165, 1.54) is 22.2 Å². The fraction of sp³-hybridized carbons (Fsp3) is 0.345. The zero-order valence-electron chi connectivity index (χ0n) is 20.9. The third kappa shape index (κ3) is 4.98. The van der Waals surface area contributed by atoms with E-state index < -0.39 is 0 Å². The van der Waals surface area contributed by atoms with Gasteiger partial charge in [-0.05, 0) is 72.9 Å². The average molecular weight is 582 g/mol. The molecule has 0 saturated heterocycles. The van der Waals surface area contributed by atoms with Gasteiger partial charge in [0.25, 0.3) is 5.56 Å². The molecule has 1 atom stereocenters. The normalized spacial score (nSPS) is 15.8. The van der Waals surface area contributed by atoms with Gasteiger partial charge in [-0.15, -0.1) is 11.3 Å². The van der Waals surface area contributed by atoms with E-state index in [0.717, 1.165) is 45.2 Å². The van der Waals surface area contributed by atoms with Gasteiger partial charge in [0.05, 0.1) is 16.8 Å². The van der Waals surface area contributed by atoms with E-state index in [0.29, 0.717) is 16.6 Å². The van der Waals surface area contributed by atoms with Crippen LogP contribution in [0.3, 0.4) is 0 Å². The van der Waals surface area contributed by atoms with Crippen LogP contribution in [0.25, 0.3) is 15.9 Å². The van der Waals surface area contributed by atoms with Crippen molar-refractivity contribution in [3.63, 3.8) is 0 Å². The summed E-state index contributed by atoms with van der Waals surface area (Å²) in [5, 5.41) is 1.32. The van der Waals surface area contributed by atoms with Crippen molar-refractivity contribution in [1.29, 1.82) is 0 Å². The Labute approximate surface area is 228 Å². The van der Waals surface area contributed by atoms with E-state index in [4.69, 9.17) is 4.98 Å². The van der Waals surface area contributed by atoms with Crippen molar-refractivity contribution in [1.82, 2.24) is 9.55 Å². The minimum absolute atomic E-state index is 0.0103. The van der Waals surface area contributed by atoms with Gasteiger partial charge in [0.2, 0.25) is 0 Å². The van der Waals surface area contributed by atoms with Gasteiger partial charge in [0.1, 0.15) is 4.83 Å². The number of ketones is 1. The zero-order chi connectivity index (χ0) is 25.6. The molecule has 0 bridgehead atoms. The number of carbonyl (C=O) groups is 1. The number of thiophene rings is 1. The van der Waals surface area contributed by atoms with Crippen molar-refractivity contribution in [2.75, 3.05) is 5.75 Å². The lowest BCUT2D eigenvalue weighted by Crippen LogP contribution is -2.27. The summed E-state index contributed by atoms with van der Waals surface area (Å²) in [6.07, 6.45) is 3.00. The maximum atomic E-state index is 14.1. The van der Waals surface area contributed by atoms with Crippen LogP contribution in [0, 0.1) is 18.3 Å². The molecule has 0 amide bonds. The van der Waals surface area contributed by atoms with E-state index in [2.05, 4.69) is 36.7 Å². The summed E-state index contributed by atoms with van der Waals surface area (Å²) in [4.78, 5) is 34.1.